The lowest BCUT2D eigenvalue weighted by Crippen LogP contribution is -2.47. The Hall–Kier alpha value is -3.49. The second-order valence-corrected chi connectivity index (χ2v) is 7.98. The van der Waals surface area contributed by atoms with Gasteiger partial charge in [0, 0.05) is 25.2 Å². The Morgan fingerprint density at radius 3 is 2.71 bits per heavy atom. The largest absolute Gasteiger partial charge is 0.350 e. The van der Waals surface area contributed by atoms with Crippen LogP contribution in [0.25, 0.3) is 5.69 Å². The average molecular weight is 422 g/mol. The molecule has 1 aliphatic heterocycles. The topological polar surface area (TPSA) is 97.9 Å². The smallest absolute Gasteiger partial charge is 0.273 e. The van der Waals surface area contributed by atoms with Crippen LogP contribution in [0.5, 0.6) is 0 Å². The van der Waals surface area contributed by atoms with Crippen LogP contribution in [0, 0.1) is 0 Å². The van der Waals surface area contributed by atoms with Crippen LogP contribution in [0.15, 0.2) is 53.5 Å². The number of nitrogens with one attached hydrogen (secondary N) is 1. The van der Waals surface area contributed by atoms with E-state index in [1.165, 1.54) is 15.7 Å². The molecule has 1 unspecified atom stereocenters. The third kappa shape index (κ3) is 4.65. The maximum absolute atomic E-state index is 12.7. The highest BCUT2D eigenvalue weighted by Crippen LogP contribution is 2.22. The molecule has 0 aliphatic carbocycles. The molecule has 0 saturated carbocycles. The standard InChI is InChI=1S/C22H27N7O2/c1-16(2)28-21(30)12-11-20(26-28)27-13-7-6-10-18(27)14-23-22(31)19-15-24-29(25-19)17-8-4-3-5-9-17/h3-5,8-9,11-12,15-16,18H,6-7,10,13-14H2,1-2H3,(H,23,31). The predicted octanol–water partition coefficient (Wildman–Crippen LogP) is 2.19. The number of anilines is 1. The van der Waals surface area contributed by atoms with Crippen molar-refractivity contribution < 1.29 is 4.79 Å². The van der Waals surface area contributed by atoms with Crippen LogP contribution < -0.4 is 15.8 Å². The third-order valence-electron chi connectivity index (χ3n) is 5.43. The van der Waals surface area contributed by atoms with E-state index in [4.69, 9.17) is 0 Å². The van der Waals surface area contributed by atoms with Crippen molar-refractivity contribution in [3.8, 4) is 5.69 Å². The summed E-state index contributed by atoms with van der Waals surface area (Å²) in [6, 6.07) is 12.9. The SMILES string of the molecule is CC(C)n1nc(N2CCCCC2CNC(=O)c2cnn(-c3ccccc3)n2)ccc1=O. The highest BCUT2D eigenvalue weighted by Gasteiger charge is 2.25. The fourth-order valence-electron chi connectivity index (χ4n) is 3.81. The van der Waals surface area contributed by atoms with Gasteiger partial charge in [0.15, 0.2) is 5.69 Å². The highest BCUT2D eigenvalue weighted by molar-refractivity contribution is 5.91. The maximum atomic E-state index is 12.7. The molecule has 0 spiro atoms. The fraction of sp³-hybridized carbons (Fsp3) is 0.409. The molecule has 1 fully saturated rings. The van der Waals surface area contributed by atoms with E-state index >= 15 is 0 Å². The molecule has 1 saturated heterocycles. The van der Waals surface area contributed by atoms with Crippen LogP contribution in [-0.4, -0.2) is 49.8 Å². The Kier molecular flexibility index (Phi) is 6.11. The first-order chi connectivity index (χ1) is 15.0. The lowest BCUT2D eigenvalue weighted by atomic mass is 10.0. The first-order valence-electron chi connectivity index (χ1n) is 10.7. The van der Waals surface area contributed by atoms with Crippen molar-refractivity contribution in [2.75, 3.05) is 18.0 Å². The Morgan fingerprint density at radius 2 is 1.94 bits per heavy atom. The molecule has 1 aromatic carbocycles. The molecule has 0 radical (unpaired) electrons. The second kappa shape index (κ2) is 9.11. The Bertz CT molecular complexity index is 1090. The minimum Gasteiger partial charge on any atom is -0.350 e. The van der Waals surface area contributed by atoms with Crippen molar-refractivity contribution in [1.29, 1.82) is 0 Å². The molecular weight excluding hydrogens is 394 g/mol. The molecular formula is C22H27N7O2. The summed E-state index contributed by atoms with van der Waals surface area (Å²) in [5, 5.41) is 16.0. The van der Waals surface area contributed by atoms with E-state index in [9.17, 15) is 9.59 Å². The van der Waals surface area contributed by atoms with Gasteiger partial charge in [-0.1, -0.05) is 18.2 Å². The Labute approximate surface area is 180 Å². The van der Waals surface area contributed by atoms with E-state index in [0.29, 0.717) is 6.54 Å². The van der Waals surface area contributed by atoms with E-state index in [1.54, 1.807) is 12.1 Å². The zero-order valence-corrected chi connectivity index (χ0v) is 17.8. The number of hydrogen-bond acceptors (Lipinski definition) is 6. The summed E-state index contributed by atoms with van der Waals surface area (Å²) in [6.45, 7) is 5.19. The van der Waals surface area contributed by atoms with Crippen LogP contribution in [0.3, 0.4) is 0 Å². The predicted molar refractivity (Wildman–Crippen MR) is 118 cm³/mol. The average Bonchev–Trinajstić information content (AvgIpc) is 3.29. The van der Waals surface area contributed by atoms with Crippen molar-refractivity contribution >= 4 is 11.7 Å². The minimum absolute atomic E-state index is 0.0115. The number of nitrogens with zero attached hydrogens (tertiary/aromatic N) is 6. The number of rotatable bonds is 6. The molecule has 1 amide bonds. The summed E-state index contributed by atoms with van der Waals surface area (Å²) in [5.74, 6) is 0.509. The minimum atomic E-state index is -0.257. The summed E-state index contributed by atoms with van der Waals surface area (Å²) < 4.78 is 1.50. The van der Waals surface area contributed by atoms with Gasteiger partial charge in [-0.2, -0.15) is 15.0 Å². The van der Waals surface area contributed by atoms with Gasteiger partial charge in [-0.05, 0) is 51.3 Å². The summed E-state index contributed by atoms with van der Waals surface area (Å²) >= 11 is 0. The Morgan fingerprint density at radius 1 is 1.13 bits per heavy atom. The molecule has 3 heterocycles. The summed E-state index contributed by atoms with van der Waals surface area (Å²) in [6.07, 6.45) is 4.56. The van der Waals surface area contributed by atoms with Crippen LogP contribution in [0.4, 0.5) is 5.82 Å². The number of piperidine rings is 1. The molecule has 9 heteroatoms. The maximum Gasteiger partial charge on any atom is 0.273 e. The van der Waals surface area contributed by atoms with Gasteiger partial charge in [-0.15, -0.1) is 5.10 Å². The number of carbonyl (C=O) groups is 1. The fourth-order valence-corrected chi connectivity index (χ4v) is 3.81. The molecule has 0 bridgehead atoms. The second-order valence-electron chi connectivity index (χ2n) is 7.98. The monoisotopic (exact) mass is 421 g/mol. The van der Waals surface area contributed by atoms with Crippen LogP contribution in [-0.2, 0) is 0 Å². The van der Waals surface area contributed by atoms with E-state index in [0.717, 1.165) is 37.3 Å². The van der Waals surface area contributed by atoms with Crippen LogP contribution in [0.2, 0.25) is 0 Å². The quantitative estimate of drug-likeness (QED) is 0.655. The molecule has 2 aromatic heterocycles. The van der Waals surface area contributed by atoms with Crippen molar-refractivity contribution in [2.45, 2.75) is 45.2 Å². The van der Waals surface area contributed by atoms with Gasteiger partial charge in [-0.25, -0.2) is 4.68 Å². The van der Waals surface area contributed by atoms with E-state index in [-0.39, 0.29) is 29.2 Å². The van der Waals surface area contributed by atoms with E-state index in [2.05, 4.69) is 25.5 Å². The molecule has 1 atom stereocenters. The lowest BCUT2D eigenvalue weighted by molar-refractivity contribution is 0.0944. The molecule has 31 heavy (non-hydrogen) atoms. The van der Waals surface area contributed by atoms with Crippen LogP contribution in [0.1, 0.15) is 49.6 Å². The lowest BCUT2D eigenvalue weighted by Gasteiger charge is -2.36. The number of hydrogen-bond donors (Lipinski definition) is 1. The summed E-state index contributed by atoms with van der Waals surface area (Å²) in [4.78, 5) is 28.3. The number of carbonyl (C=O) groups excluding carboxylic acids is 1. The van der Waals surface area contributed by atoms with Gasteiger partial charge < -0.3 is 10.2 Å². The zero-order chi connectivity index (χ0) is 21.8. The van der Waals surface area contributed by atoms with E-state index in [1.807, 2.05) is 44.2 Å². The normalized spacial score (nSPS) is 16.5. The zero-order valence-electron chi connectivity index (χ0n) is 17.8. The van der Waals surface area contributed by atoms with Crippen molar-refractivity contribution in [2.24, 2.45) is 0 Å². The van der Waals surface area contributed by atoms with Gasteiger partial charge in [-0.3, -0.25) is 9.59 Å². The van der Waals surface area contributed by atoms with Gasteiger partial charge >= 0.3 is 0 Å². The first-order valence-corrected chi connectivity index (χ1v) is 10.7. The highest BCUT2D eigenvalue weighted by atomic mass is 16.2. The van der Waals surface area contributed by atoms with Gasteiger partial charge in [0.1, 0.15) is 5.82 Å². The number of benzene rings is 1. The first kappa shape index (κ1) is 20.8. The van der Waals surface area contributed by atoms with Gasteiger partial charge in [0.2, 0.25) is 0 Å². The summed E-state index contributed by atoms with van der Waals surface area (Å²) in [7, 11) is 0. The van der Waals surface area contributed by atoms with Gasteiger partial charge in [0.05, 0.1) is 17.9 Å². The molecule has 162 valence electrons. The molecule has 3 aromatic rings. The third-order valence-corrected chi connectivity index (χ3v) is 5.43. The van der Waals surface area contributed by atoms with Crippen molar-refractivity contribution in [1.82, 2.24) is 30.1 Å². The van der Waals surface area contributed by atoms with Crippen LogP contribution >= 0.6 is 0 Å². The van der Waals surface area contributed by atoms with Crippen molar-refractivity contribution in [3.63, 3.8) is 0 Å². The number of aromatic nitrogens is 5. The molecule has 1 N–H and O–H groups in total. The number of amides is 1. The molecule has 4 rings (SSSR count). The number of para-hydroxylation sites is 1. The summed E-state index contributed by atoms with van der Waals surface area (Å²) in [5.41, 5.74) is 0.964. The van der Waals surface area contributed by atoms with Gasteiger partial charge in [0.25, 0.3) is 11.5 Å². The molecule has 1 aliphatic rings. The molecule has 9 nitrogen and oxygen atoms in total. The Balaban J connectivity index is 1.44. The van der Waals surface area contributed by atoms with E-state index < -0.39 is 0 Å². The van der Waals surface area contributed by atoms with Crippen molar-refractivity contribution in [3.05, 3.63) is 64.7 Å².